The number of hydrogen-bond acceptors (Lipinski definition) is 4. The number of imidazole rings is 1. The van der Waals surface area contributed by atoms with E-state index in [4.69, 9.17) is 0 Å². The number of hydrogen-bond donors (Lipinski definition) is 0. The summed E-state index contributed by atoms with van der Waals surface area (Å²) in [6, 6.07) is 9.63. The van der Waals surface area contributed by atoms with E-state index in [1.807, 2.05) is 31.3 Å². The van der Waals surface area contributed by atoms with E-state index in [1.165, 1.54) is 23.9 Å². The second-order valence-corrected chi connectivity index (χ2v) is 5.50. The molecule has 2 heterocycles. The number of allylic oxidation sites excluding steroid dienone is 1. The van der Waals surface area contributed by atoms with Crippen molar-refractivity contribution in [2.75, 3.05) is 0 Å². The Hall–Kier alpha value is -3.40. The molecule has 0 spiro atoms. The van der Waals surface area contributed by atoms with Crippen LogP contribution in [0.1, 0.15) is 11.4 Å². The van der Waals surface area contributed by atoms with Crippen LogP contribution in [0.3, 0.4) is 0 Å². The lowest BCUT2D eigenvalue weighted by Crippen LogP contribution is -2.37. The number of nitriles is 1. The van der Waals surface area contributed by atoms with Gasteiger partial charge in [0.15, 0.2) is 5.82 Å². The minimum absolute atomic E-state index is 0.253. The van der Waals surface area contributed by atoms with Crippen molar-refractivity contribution in [1.29, 1.82) is 5.26 Å². The maximum absolute atomic E-state index is 12.3. The first-order chi connectivity index (χ1) is 11.4. The molecule has 0 aliphatic carbocycles. The molecular formula is C17H15N5O2. The average molecular weight is 321 g/mol. The van der Waals surface area contributed by atoms with E-state index >= 15 is 0 Å². The Labute approximate surface area is 137 Å². The van der Waals surface area contributed by atoms with Gasteiger partial charge in [-0.15, -0.1) is 0 Å². The Morgan fingerprint density at radius 3 is 2.54 bits per heavy atom. The molecule has 120 valence electrons. The number of nitrogens with zero attached hydrogens (tertiary/aromatic N) is 5. The van der Waals surface area contributed by atoms with Crippen molar-refractivity contribution >= 4 is 22.7 Å². The molecule has 0 atom stereocenters. The molecule has 0 aliphatic rings. The fourth-order valence-corrected chi connectivity index (χ4v) is 2.62. The van der Waals surface area contributed by atoms with Crippen LogP contribution in [-0.2, 0) is 21.1 Å². The molecule has 3 rings (SSSR count). The van der Waals surface area contributed by atoms with Gasteiger partial charge in [0.1, 0.15) is 6.07 Å². The Bertz CT molecular complexity index is 1140. The third-order valence-corrected chi connectivity index (χ3v) is 3.92. The van der Waals surface area contributed by atoms with Crippen molar-refractivity contribution in [3.63, 3.8) is 0 Å². The monoisotopic (exact) mass is 321 g/mol. The summed E-state index contributed by atoms with van der Waals surface area (Å²) < 4.78 is 4.11. The first-order valence-electron chi connectivity index (χ1n) is 7.24. The molecule has 7 nitrogen and oxygen atoms in total. The lowest BCUT2D eigenvalue weighted by Gasteiger charge is -2.04. The third kappa shape index (κ3) is 2.34. The maximum atomic E-state index is 12.3. The summed E-state index contributed by atoms with van der Waals surface area (Å²) in [5.41, 5.74) is 1.29. The number of aromatic nitrogens is 4. The van der Waals surface area contributed by atoms with Crippen molar-refractivity contribution in [2.45, 2.75) is 0 Å². The van der Waals surface area contributed by atoms with E-state index in [0.29, 0.717) is 5.82 Å². The molecule has 0 unspecified atom stereocenters. The number of aryl methyl sites for hydroxylation is 2. The molecule has 0 N–H and O–H groups in total. The van der Waals surface area contributed by atoms with Crippen molar-refractivity contribution in [3.05, 3.63) is 62.7 Å². The van der Waals surface area contributed by atoms with Crippen LogP contribution < -0.4 is 11.2 Å². The van der Waals surface area contributed by atoms with Gasteiger partial charge in [-0.25, -0.2) is 9.78 Å². The van der Waals surface area contributed by atoms with E-state index in [2.05, 4.69) is 11.1 Å². The molecule has 0 saturated heterocycles. The minimum atomic E-state index is -0.454. The number of benzene rings is 1. The first-order valence-corrected chi connectivity index (χ1v) is 7.24. The molecule has 3 aromatic rings. The fourth-order valence-electron chi connectivity index (χ4n) is 2.62. The maximum Gasteiger partial charge on any atom is 0.330 e. The molecule has 0 amide bonds. The van der Waals surface area contributed by atoms with E-state index in [1.54, 1.807) is 11.6 Å². The highest BCUT2D eigenvalue weighted by molar-refractivity contribution is 5.90. The molecule has 7 heteroatoms. The zero-order valence-electron chi connectivity index (χ0n) is 13.5. The molecule has 0 aliphatic heterocycles. The summed E-state index contributed by atoms with van der Waals surface area (Å²) in [5, 5.41) is 9.53. The lowest BCUT2D eigenvalue weighted by molar-refractivity contribution is 0.683. The summed E-state index contributed by atoms with van der Waals surface area (Å²) in [6.45, 7) is 0. The van der Waals surface area contributed by atoms with E-state index in [0.717, 1.165) is 15.6 Å². The van der Waals surface area contributed by atoms with Crippen molar-refractivity contribution < 1.29 is 0 Å². The predicted molar refractivity (Wildman–Crippen MR) is 91.1 cm³/mol. The molecule has 0 saturated carbocycles. The van der Waals surface area contributed by atoms with Gasteiger partial charge in [0, 0.05) is 27.3 Å². The predicted octanol–water partition coefficient (Wildman–Crippen LogP) is 1.03. The van der Waals surface area contributed by atoms with Crippen molar-refractivity contribution in [3.8, 4) is 6.07 Å². The largest absolute Gasteiger partial charge is 0.330 e. The van der Waals surface area contributed by atoms with Gasteiger partial charge in [-0.2, -0.15) is 5.26 Å². The Morgan fingerprint density at radius 1 is 1.17 bits per heavy atom. The highest BCUT2D eigenvalue weighted by Crippen LogP contribution is 2.21. The molecule has 0 radical (unpaired) electrons. The van der Waals surface area contributed by atoms with Crippen molar-refractivity contribution in [2.24, 2.45) is 21.1 Å². The van der Waals surface area contributed by atoms with Crippen LogP contribution in [0.4, 0.5) is 0 Å². The molecule has 0 fully saturated rings. The van der Waals surface area contributed by atoms with Gasteiger partial charge in [0.2, 0.25) is 0 Å². The highest BCUT2D eigenvalue weighted by atomic mass is 16.2. The zero-order valence-corrected chi connectivity index (χ0v) is 13.5. The topological polar surface area (TPSA) is 85.6 Å². The second-order valence-electron chi connectivity index (χ2n) is 5.50. The normalized spacial score (nSPS) is 11.7. The van der Waals surface area contributed by atoms with Crippen LogP contribution in [0.15, 0.2) is 40.1 Å². The zero-order chi connectivity index (χ0) is 17.4. The Kier molecular flexibility index (Phi) is 3.66. The van der Waals surface area contributed by atoms with Gasteiger partial charge >= 0.3 is 5.69 Å². The average Bonchev–Trinajstić information content (AvgIpc) is 2.92. The smallest absolute Gasteiger partial charge is 0.327 e. The molecule has 24 heavy (non-hydrogen) atoms. The molecular weight excluding hydrogens is 306 g/mol. The summed E-state index contributed by atoms with van der Waals surface area (Å²) >= 11 is 0. The number of fused-ring (bicyclic) bond motifs is 1. The summed E-state index contributed by atoms with van der Waals surface area (Å²) in [7, 11) is 4.78. The van der Waals surface area contributed by atoms with E-state index < -0.39 is 11.2 Å². The second kappa shape index (κ2) is 5.66. The van der Waals surface area contributed by atoms with Gasteiger partial charge in [-0.1, -0.05) is 12.1 Å². The van der Waals surface area contributed by atoms with Crippen LogP contribution in [0, 0.1) is 11.3 Å². The van der Waals surface area contributed by atoms with Crippen LogP contribution >= 0.6 is 0 Å². The quantitative estimate of drug-likeness (QED) is 0.660. The molecule has 2 aromatic heterocycles. The summed E-state index contributed by atoms with van der Waals surface area (Å²) in [4.78, 5) is 28.5. The Balaban J connectivity index is 2.25. The fraction of sp³-hybridized carbons (Fsp3) is 0.176. The van der Waals surface area contributed by atoms with Gasteiger partial charge < -0.3 is 9.13 Å². The van der Waals surface area contributed by atoms with Crippen LogP contribution in [-0.4, -0.2) is 18.7 Å². The Morgan fingerprint density at radius 2 is 1.88 bits per heavy atom. The summed E-state index contributed by atoms with van der Waals surface area (Å²) in [6.07, 6.45) is 2.88. The van der Waals surface area contributed by atoms with Gasteiger partial charge in [0.25, 0.3) is 5.56 Å². The number of para-hydroxylation sites is 2. The van der Waals surface area contributed by atoms with Crippen LogP contribution in [0.2, 0.25) is 0 Å². The van der Waals surface area contributed by atoms with Gasteiger partial charge in [-0.05, 0) is 18.2 Å². The molecule has 1 aromatic carbocycles. The minimum Gasteiger partial charge on any atom is -0.327 e. The standard InChI is InChI=1S/C17H15N5O2/c1-20-10-12(16(23)22(3)17(20)24)8-11(9-18)15-19-13-6-4-5-7-14(13)21(15)2/h4-8,10H,1-3H3. The first kappa shape index (κ1) is 15.5. The van der Waals surface area contributed by atoms with Crippen LogP contribution in [0.25, 0.3) is 22.7 Å². The SMILES string of the molecule is Cn1cc(C=C(C#N)c2nc3ccccc3n2C)c(=O)n(C)c1=O. The molecule has 0 bridgehead atoms. The van der Waals surface area contributed by atoms with E-state index in [-0.39, 0.29) is 11.1 Å². The summed E-state index contributed by atoms with van der Waals surface area (Å²) in [5.74, 6) is 0.467. The number of rotatable bonds is 2. The van der Waals surface area contributed by atoms with E-state index in [9.17, 15) is 14.9 Å². The third-order valence-electron chi connectivity index (χ3n) is 3.92. The van der Waals surface area contributed by atoms with Crippen LogP contribution in [0.5, 0.6) is 0 Å². The lowest BCUT2D eigenvalue weighted by atomic mass is 10.2. The van der Waals surface area contributed by atoms with Gasteiger partial charge in [-0.3, -0.25) is 9.36 Å². The highest BCUT2D eigenvalue weighted by Gasteiger charge is 2.13. The van der Waals surface area contributed by atoms with Gasteiger partial charge in [0.05, 0.1) is 22.2 Å². The van der Waals surface area contributed by atoms with Crippen molar-refractivity contribution in [1.82, 2.24) is 18.7 Å².